The van der Waals surface area contributed by atoms with Crippen LogP contribution in [-0.2, 0) is 10.2 Å². The molecule has 86 valence electrons. The molecule has 0 aromatic heterocycles. The van der Waals surface area contributed by atoms with Crippen molar-refractivity contribution in [1.29, 1.82) is 0 Å². The monoisotopic (exact) mass is 258 g/mol. The van der Waals surface area contributed by atoms with Gasteiger partial charge in [-0.2, -0.15) is 0 Å². The molecule has 1 aromatic carbocycles. The Hall–Kier alpha value is -0.730. The van der Waals surface area contributed by atoms with E-state index in [9.17, 15) is 4.79 Å². The van der Waals surface area contributed by atoms with E-state index >= 15 is 0 Å². The molecule has 4 heteroatoms. The molecule has 2 rings (SSSR count). The van der Waals surface area contributed by atoms with E-state index < -0.39 is 9.75 Å². The highest BCUT2D eigenvalue weighted by Gasteiger charge is 2.67. The van der Waals surface area contributed by atoms with Gasteiger partial charge in [-0.1, -0.05) is 12.1 Å². The van der Waals surface area contributed by atoms with Gasteiger partial charge in [-0.15, -0.1) is 23.2 Å². The minimum Gasteiger partial charge on any atom is -0.494 e. The van der Waals surface area contributed by atoms with Gasteiger partial charge in [0, 0.05) is 6.42 Å². The molecule has 1 atom stereocenters. The molecule has 1 fully saturated rings. The van der Waals surface area contributed by atoms with Crippen LogP contribution in [0.15, 0.2) is 24.3 Å². The fourth-order valence-electron chi connectivity index (χ4n) is 1.83. The average Bonchev–Trinajstić information content (AvgIpc) is 2.84. The topological polar surface area (TPSA) is 26.3 Å². The van der Waals surface area contributed by atoms with Gasteiger partial charge in [0.05, 0.1) is 12.0 Å². The third-order valence-electron chi connectivity index (χ3n) is 2.91. The maximum absolute atomic E-state index is 11.1. The second-order valence-corrected chi connectivity index (χ2v) is 5.41. The van der Waals surface area contributed by atoms with E-state index in [1.165, 1.54) is 0 Å². The zero-order valence-electron chi connectivity index (χ0n) is 8.87. The molecule has 0 bridgehead atoms. The van der Waals surface area contributed by atoms with Gasteiger partial charge < -0.3 is 9.53 Å². The lowest BCUT2D eigenvalue weighted by molar-refractivity contribution is -0.109. The van der Waals surface area contributed by atoms with Crippen molar-refractivity contribution in [2.24, 2.45) is 0 Å². The van der Waals surface area contributed by atoms with Gasteiger partial charge in [0.1, 0.15) is 16.4 Å². The third-order valence-corrected chi connectivity index (χ3v) is 3.85. The molecule has 2 nitrogen and oxygen atoms in total. The van der Waals surface area contributed by atoms with Gasteiger partial charge in [0.15, 0.2) is 0 Å². The number of aldehydes is 1. The molecule has 1 unspecified atom stereocenters. The van der Waals surface area contributed by atoms with Gasteiger partial charge in [0.25, 0.3) is 0 Å². The molecule has 0 N–H and O–H groups in total. The van der Waals surface area contributed by atoms with Crippen molar-refractivity contribution in [3.05, 3.63) is 29.8 Å². The SMILES string of the molecule is CCOc1ccc(C2(C=O)CC2(Cl)Cl)cc1. The second-order valence-electron chi connectivity index (χ2n) is 3.93. The Labute approximate surface area is 104 Å². The number of alkyl halides is 2. The summed E-state index contributed by atoms with van der Waals surface area (Å²) in [5.41, 5.74) is 0.108. The Morgan fingerprint density at radius 2 is 1.94 bits per heavy atom. The van der Waals surface area contributed by atoms with Crippen LogP contribution in [0.25, 0.3) is 0 Å². The summed E-state index contributed by atoms with van der Waals surface area (Å²) < 4.78 is 4.37. The summed E-state index contributed by atoms with van der Waals surface area (Å²) in [4.78, 5) is 11.1. The zero-order valence-corrected chi connectivity index (χ0v) is 10.4. The Bertz CT molecular complexity index is 400. The predicted octanol–water partition coefficient (Wildman–Crippen LogP) is 3.10. The number of rotatable bonds is 4. The van der Waals surface area contributed by atoms with Crippen molar-refractivity contribution in [2.75, 3.05) is 6.61 Å². The summed E-state index contributed by atoms with van der Waals surface area (Å²) in [5, 5.41) is 0. The summed E-state index contributed by atoms with van der Waals surface area (Å²) in [7, 11) is 0. The third kappa shape index (κ3) is 1.70. The largest absolute Gasteiger partial charge is 0.494 e. The van der Waals surface area contributed by atoms with E-state index in [0.29, 0.717) is 13.0 Å². The lowest BCUT2D eigenvalue weighted by atomic mass is 9.98. The van der Waals surface area contributed by atoms with Crippen molar-refractivity contribution >= 4 is 29.5 Å². The molecule has 1 aliphatic carbocycles. The molecular weight excluding hydrogens is 247 g/mol. The normalized spacial score (nSPS) is 26.2. The van der Waals surface area contributed by atoms with E-state index in [2.05, 4.69) is 0 Å². The summed E-state index contributed by atoms with van der Waals surface area (Å²) >= 11 is 12.0. The highest BCUT2D eigenvalue weighted by molar-refractivity contribution is 6.53. The van der Waals surface area contributed by atoms with E-state index in [1.54, 1.807) is 0 Å². The predicted molar refractivity (Wildman–Crippen MR) is 64.4 cm³/mol. The fraction of sp³-hybridized carbons (Fsp3) is 0.417. The van der Waals surface area contributed by atoms with Crippen LogP contribution in [0, 0.1) is 0 Å². The number of hydrogen-bond donors (Lipinski definition) is 0. The van der Waals surface area contributed by atoms with E-state index in [-0.39, 0.29) is 0 Å². The Morgan fingerprint density at radius 3 is 2.31 bits per heavy atom. The van der Waals surface area contributed by atoms with Gasteiger partial charge in [-0.05, 0) is 24.6 Å². The van der Waals surface area contributed by atoms with Gasteiger partial charge in [0.2, 0.25) is 0 Å². The number of carbonyl (C=O) groups is 1. The van der Waals surface area contributed by atoms with Crippen LogP contribution in [0.2, 0.25) is 0 Å². The molecule has 1 aromatic rings. The molecular formula is C12H12Cl2O2. The summed E-state index contributed by atoms with van der Waals surface area (Å²) in [5.74, 6) is 0.780. The lowest BCUT2D eigenvalue weighted by Crippen LogP contribution is -2.16. The molecule has 0 saturated heterocycles. The molecule has 0 aliphatic heterocycles. The molecule has 1 saturated carbocycles. The first kappa shape index (κ1) is 11.7. The molecule has 0 radical (unpaired) electrons. The van der Waals surface area contributed by atoms with Crippen LogP contribution in [0.3, 0.4) is 0 Å². The Kier molecular flexibility index (Phi) is 2.89. The van der Waals surface area contributed by atoms with E-state index in [1.807, 2.05) is 31.2 Å². The lowest BCUT2D eigenvalue weighted by Gasteiger charge is -2.11. The minimum absolute atomic E-state index is 0.473. The molecule has 0 amide bonds. The Morgan fingerprint density at radius 1 is 1.38 bits per heavy atom. The van der Waals surface area contributed by atoms with Crippen molar-refractivity contribution in [2.45, 2.75) is 23.1 Å². The first-order chi connectivity index (χ1) is 7.55. The van der Waals surface area contributed by atoms with E-state index in [4.69, 9.17) is 27.9 Å². The minimum atomic E-state index is -0.956. The number of ether oxygens (including phenoxy) is 1. The fourth-order valence-corrected chi connectivity index (χ4v) is 2.56. The summed E-state index contributed by atoms with van der Waals surface area (Å²) in [6.45, 7) is 2.54. The van der Waals surface area contributed by atoms with Gasteiger partial charge >= 0.3 is 0 Å². The van der Waals surface area contributed by atoms with Crippen molar-refractivity contribution in [3.8, 4) is 5.75 Å². The highest BCUT2D eigenvalue weighted by atomic mass is 35.5. The summed E-state index contributed by atoms with van der Waals surface area (Å²) in [6.07, 6.45) is 1.31. The highest BCUT2D eigenvalue weighted by Crippen LogP contribution is 2.63. The van der Waals surface area contributed by atoms with Gasteiger partial charge in [-0.25, -0.2) is 0 Å². The number of carbonyl (C=O) groups excluding carboxylic acids is 1. The molecule has 1 aliphatic rings. The first-order valence-corrected chi connectivity index (χ1v) is 5.89. The van der Waals surface area contributed by atoms with Crippen molar-refractivity contribution in [1.82, 2.24) is 0 Å². The molecule has 16 heavy (non-hydrogen) atoms. The standard InChI is InChI=1S/C12H12Cl2O2/c1-2-16-10-5-3-9(4-6-10)11(8-15)7-12(11,13)14/h3-6,8H,2,7H2,1H3. The van der Waals surface area contributed by atoms with Crippen LogP contribution in [-0.4, -0.2) is 17.2 Å². The maximum Gasteiger partial charge on any atom is 0.136 e. The zero-order chi connectivity index (χ0) is 11.8. The van der Waals surface area contributed by atoms with Crippen LogP contribution >= 0.6 is 23.2 Å². The summed E-state index contributed by atoms with van der Waals surface area (Å²) in [6, 6.07) is 7.33. The van der Waals surface area contributed by atoms with Crippen molar-refractivity contribution < 1.29 is 9.53 Å². The number of benzene rings is 1. The first-order valence-electron chi connectivity index (χ1n) is 5.13. The average molecular weight is 259 g/mol. The molecule has 0 heterocycles. The molecule has 0 spiro atoms. The smallest absolute Gasteiger partial charge is 0.136 e. The van der Waals surface area contributed by atoms with Crippen LogP contribution in [0.1, 0.15) is 18.9 Å². The second kappa shape index (κ2) is 3.94. The van der Waals surface area contributed by atoms with Crippen molar-refractivity contribution in [3.63, 3.8) is 0 Å². The quantitative estimate of drug-likeness (QED) is 0.613. The van der Waals surface area contributed by atoms with Crippen LogP contribution < -0.4 is 4.74 Å². The number of hydrogen-bond acceptors (Lipinski definition) is 2. The van der Waals surface area contributed by atoms with E-state index in [0.717, 1.165) is 17.6 Å². The maximum atomic E-state index is 11.1. The van der Waals surface area contributed by atoms with Gasteiger partial charge in [-0.3, -0.25) is 0 Å². The number of halogens is 2. The van der Waals surface area contributed by atoms with Crippen LogP contribution in [0.5, 0.6) is 5.75 Å². The Balaban J connectivity index is 2.26. The van der Waals surface area contributed by atoms with Crippen LogP contribution in [0.4, 0.5) is 0 Å².